The molecule has 1 aliphatic heterocycles. The van der Waals surface area contributed by atoms with Gasteiger partial charge in [-0.3, -0.25) is 0 Å². The van der Waals surface area contributed by atoms with Crippen molar-refractivity contribution in [3.8, 4) is 0 Å². The van der Waals surface area contributed by atoms with Crippen molar-refractivity contribution in [2.75, 3.05) is 13.2 Å². The summed E-state index contributed by atoms with van der Waals surface area (Å²) < 4.78 is 12.5. The van der Waals surface area contributed by atoms with Gasteiger partial charge in [0, 0.05) is 23.8 Å². The Kier molecular flexibility index (Phi) is 4.61. The van der Waals surface area contributed by atoms with E-state index in [1.54, 1.807) is 0 Å². The van der Waals surface area contributed by atoms with Gasteiger partial charge in [0.25, 0.3) is 0 Å². The van der Waals surface area contributed by atoms with Crippen molar-refractivity contribution in [1.82, 2.24) is 0 Å². The first-order valence-corrected chi connectivity index (χ1v) is 8.59. The molecular formula is C13H28O2Si. The Balaban J connectivity index is 3.06. The lowest BCUT2D eigenvalue weighted by Crippen LogP contribution is -2.59. The van der Waals surface area contributed by atoms with Crippen molar-refractivity contribution < 1.29 is 8.85 Å². The molecule has 2 nitrogen and oxygen atoms in total. The summed E-state index contributed by atoms with van der Waals surface area (Å²) in [7, 11) is -2.08. The molecule has 0 aliphatic carbocycles. The van der Waals surface area contributed by atoms with Crippen LogP contribution in [-0.4, -0.2) is 21.8 Å². The first kappa shape index (κ1) is 14.2. The summed E-state index contributed by atoms with van der Waals surface area (Å²) in [4.78, 5) is 0. The fourth-order valence-corrected chi connectivity index (χ4v) is 8.06. The van der Waals surface area contributed by atoms with E-state index in [0.717, 1.165) is 13.2 Å². The first-order valence-electron chi connectivity index (χ1n) is 6.70. The fraction of sp³-hybridized carbons (Fsp3) is 1.00. The van der Waals surface area contributed by atoms with Crippen LogP contribution in [0.1, 0.15) is 54.4 Å². The molecule has 96 valence electrons. The van der Waals surface area contributed by atoms with Crippen molar-refractivity contribution in [1.29, 1.82) is 0 Å². The van der Waals surface area contributed by atoms with Crippen molar-refractivity contribution in [2.24, 2.45) is 5.92 Å². The molecule has 3 heteroatoms. The maximum Gasteiger partial charge on any atom is 0.347 e. The normalized spacial score (nSPS) is 32.6. The van der Waals surface area contributed by atoms with Gasteiger partial charge in [0.05, 0.1) is 0 Å². The van der Waals surface area contributed by atoms with Crippen LogP contribution in [0, 0.1) is 5.92 Å². The van der Waals surface area contributed by atoms with Gasteiger partial charge in [-0.05, 0) is 26.2 Å². The molecule has 0 radical (unpaired) electrons. The van der Waals surface area contributed by atoms with Crippen LogP contribution in [-0.2, 0) is 8.85 Å². The van der Waals surface area contributed by atoms with Gasteiger partial charge < -0.3 is 8.85 Å². The minimum Gasteiger partial charge on any atom is -0.394 e. The highest BCUT2D eigenvalue weighted by Gasteiger charge is 2.60. The Bertz CT molecular complexity index is 222. The summed E-state index contributed by atoms with van der Waals surface area (Å²) in [5.41, 5.74) is 0.610. The van der Waals surface area contributed by atoms with Crippen LogP contribution < -0.4 is 0 Å². The molecule has 1 heterocycles. The highest BCUT2D eigenvalue weighted by Crippen LogP contribution is 2.57. The Labute approximate surface area is 102 Å². The van der Waals surface area contributed by atoms with E-state index in [9.17, 15) is 0 Å². The van der Waals surface area contributed by atoms with Gasteiger partial charge >= 0.3 is 8.56 Å². The van der Waals surface area contributed by atoms with E-state index in [1.807, 2.05) is 0 Å². The molecule has 2 atom stereocenters. The van der Waals surface area contributed by atoms with Crippen LogP contribution in [0.5, 0.6) is 0 Å². The van der Waals surface area contributed by atoms with E-state index in [4.69, 9.17) is 8.85 Å². The predicted molar refractivity (Wildman–Crippen MR) is 70.9 cm³/mol. The fourth-order valence-electron chi connectivity index (χ4n) is 3.16. The largest absolute Gasteiger partial charge is 0.394 e. The molecule has 0 amide bonds. The molecule has 0 spiro atoms. The molecule has 16 heavy (non-hydrogen) atoms. The monoisotopic (exact) mass is 244 g/mol. The van der Waals surface area contributed by atoms with Gasteiger partial charge in [0.1, 0.15) is 0 Å². The Hall–Kier alpha value is 0.137. The van der Waals surface area contributed by atoms with Crippen LogP contribution >= 0.6 is 0 Å². The van der Waals surface area contributed by atoms with Gasteiger partial charge in [-0.1, -0.05) is 34.1 Å². The average Bonchev–Trinajstić information content (AvgIpc) is 2.22. The zero-order valence-electron chi connectivity index (χ0n) is 11.8. The molecule has 1 rings (SSSR count). The Morgan fingerprint density at radius 3 is 2.00 bits per heavy atom. The lowest BCUT2D eigenvalue weighted by molar-refractivity contribution is 0.115. The number of hydrogen-bond acceptors (Lipinski definition) is 2. The van der Waals surface area contributed by atoms with Crippen LogP contribution in [0.25, 0.3) is 0 Å². The lowest BCUT2D eigenvalue weighted by atomic mass is 9.90. The molecule has 1 aliphatic rings. The summed E-state index contributed by atoms with van der Waals surface area (Å²) in [6, 6.07) is 0. The Morgan fingerprint density at radius 2 is 1.56 bits per heavy atom. The lowest BCUT2D eigenvalue weighted by Gasteiger charge is -2.53. The number of hydrogen-bond donors (Lipinski definition) is 0. The smallest absolute Gasteiger partial charge is 0.347 e. The van der Waals surface area contributed by atoms with Crippen LogP contribution in [0.15, 0.2) is 0 Å². The standard InChI is InChI=1S/C13H28O2Si/c1-7-14-16(15-8-2)12(4)10-9-11(3)13(16,5)6/h11-12H,7-10H2,1-6H3. The van der Waals surface area contributed by atoms with Gasteiger partial charge in [0.15, 0.2) is 0 Å². The van der Waals surface area contributed by atoms with E-state index < -0.39 is 8.56 Å². The summed E-state index contributed by atoms with van der Waals surface area (Å²) in [5.74, 6) is 0.702. The maximum atomic E-state index is 6.23. The van der Waals surface area contributed by atoms with Crippen molar-refractivity contribution in [2.45, 2.75) is 65.0 Å². The van der Waals surface area contributed by atoms with E-state index in [1.165, 1.54) is 12.8 Å². The highest BCUT2D eigenvalue weighted by atomic mass is 28.4. The van der Waals surface area contributed by atoms with Crippen LogP contribution in [0.3, 0.4) is 0 Å². The average molecular weight is 244 g/mol. The molecule has 0 bridgehead atoms. The molecule has 1 saturated heterocycles. The molecule has 0 saturated carbocycles. The van der Waals surface area contributed by atoms with Crippen LogP contribution in [0.4, 0.5) is 0 Å². The first-order chi connectivity index (χ1) is 7.42. The molecule has 2 unspecified atom stereocenters. The van der Waals surface area contributed by atoms with Crippen molar-refractivity contribution in [3.63, 3.8) is 0 Å². The molecule has 0 aromatic carbocycles. The van der Waals surface area contributed by atoms with Gasteiger partial charge in [0.2, 0.25) is 0 Å². The third-order valence-electron chi connectivity index (χ3n) is 4.53. The SMILES string of the molecule is CCO[Si]1(OCC)C(C)CCC(C)C1(C)C. The van der Waals surface area contributed by atoms with Gasteiger partial charge in [-0.25, -0.2) is 0 Å². The van der Waals surface area contributed by atoms with E-state index in [2.05, 4.69) is 41.5 Å². The van der Waals surface area contributed by atoms with E-state index in [0.29, 0.717) is 11.5 Å². The minimum absolute atomic E-state index is 0.219. The minimum atomic E-state index is -2.08. The molecule has 1 fully saturated rings. The highest BCUT2D eigenvalue weighted by molar-refractivity contribution is 6.72. The van der Waals surface area contributed by atoms with E-state index >= 15 is 0 Å². The summed E-state index contributed by atoms with van der Waals surface area (Å²) in [6.07, 6.45) is 2.57. The zero-order chi connectivity index (χ0) is 12.4. The summed E-state index contributed by atoms with van der Waals surface area (Å²) >= 11 is 0. The second-order valence-electron chi connectivity index (χ2n) is 5.63. The summed E-state index contributed by atoms with van der Waals surface area (Å²) in [6.45, 7) is 15.1. The zero-order valence-corrected chi connectivity index (χ0v) is 12.8. The molecule has 0 aromatic rings. The molecule has 0 aromatic heterocycles. The van der Waals surface area contributed by atoms with Gasteiger partial charge in [-0.2, -0.15) is 0 Å². The molecule has 0 N–H and O–H groups in total. The van der Waals surface area contributed by atoms with Crippen molar-refractivity contribution >= 4 is 8.56 Å². The quantitative estimate of drug-likeness (QED) is 0.693. The Morgan fingerprint density at radius 1 is 1.06 bits per heavy atom. The van der Waals surface area contributed by atoms with Crippen LogP contribution in [0.2, 0.25) is 10.6 Å². The second-order valence-corrected chi connectivity index (χ2v) is 9.82. The maximum absolute atomic E-state index is 6.23. The third kappa shape index (κ3) is 2.09. The third-order valence-corrected chi connectivity index (χ3v) is 9.84. The van der Waals surface area contributed by atoms with E-state index in [-0.39, 0.29) is 5.04 Å². The predicted octanol–water partition coefficient (Wildman–Crippen LogP) is 4.10. The topological polar surface area (TPSA) is 18.5 Å². The number of rotatable bonds is 4. The van der Waals surface area contributed by atoms with Gasteiger partial charge in [-0.15, -0.1) is 0 Å². The molecular weight excluding hydrogens is 216 g/mol. The van der Waals surface area contributed by atoms with Crippen molar-refractivity contribution in [3.05, 3.63) is 0 Å². The second kappa shape index (κ2) is 5.19. The summed E-state index contributed by atoms with van der Waals surface area (Å²) in [5, 5.41) is 0.219.